The number of rotatable bonds is 10. The van der Waals surface area contributed by atoms with Gasteiger partial charge in [-0.25, -0.2) is 14.6 Å². The molecule has 0 radical (unpaired) electrons. The van der Waals surface area contributed by atoms with Crippen molar-refractivity contribution in [3.8, 4) is 17.0 Å². The molecule has 1 aliphatic rings. The number of benzene rings is 1. The molecule has 1 aromatic carbocycles. The van der Waals surface area contributed by atoms with Crippen LogP contribution in [0.15, 0.2) is 24.4 Å². The van der Waals surface area contributed by atoms with E-state index >= 15 is 0 Å². The number of aromatic nitrogens is 2. The molecule has 37 heavy (non-hydrogen) atoms. The molecule has 2 N–H and O–H groups in total. The Bertz CT molecular complexity index is 1040. The van der Waals surface area contributed by atoms with Crippen LogP contribution >= 0.6 is 0 Å². The van der Waals surface area contributed by atoms with E-state index in [2.05, 4.69) is 15.2 Å². The van der Waals surface area contributed by atoms with Crippen molar-refractivity contribution in [2.24, 2.45) is 0 Å². The number of ether oxygens (including phenoxy) is 4. The summed E-state index contributed by atoms with van der Waals surface area (Å²) in [6.45, 7) is 8.46. The Labute approximate surface area is 219 Å². The third-order valence-electron chi connectivity index (χ3n) is 6.23. The second kappa shape index (κ2) is 13.3. The summed E-state index contributed by atoms with van der Waals surface area (Å²) in [7, 11) is 3.28. The van der Waals surface area contributed by atoms with Gasteiger partial charge in [-0.3, -0.25) is 5.32 Å². The zero-order chi connectivity index (χ0) is 26.9. The highest BCUT2D eigenvalue weighted by Crippen LogP contribution is 2.37. The first-order valence-corrected chi connectivity index (χ1v) is 12.9. The lowest BCUT2D eigenvalue weighted by Crippen LogP contribution is -2.38. The molecule has 1 aliphatic carbocycles. The maximum absolute atomic E-state index is 12.0. The molecule has 1 heterocycles. The summed E-state index contributed by atoms with van der Waals surface area (Å²) in [5.41, 5.74) is 2.36. The minimum Gasteiger partial charge on any atom is -0.496 e. The monoisotopic (exact) mass is 516 g/mol. The van der Waals surface area contributed by atoms with Crippen LogP contribution in [0, 0.1) is 0 Å². The molecule has 1 aromatic heterocycles. The maximum atomic E-state index is 12.0. The largest absolute Gasteiger partial charge is 0.496 e. The highest BCUT2D eigenvalue weighted by Gasteiger charge is 2.28. The number of carbonyl (C=O) groups is 2. The number of carbonyl (C=O) groups excluding carboxylic acids is 2. The molecule has 1 saturated carbocycles. The van der Waals surface area contributed by atoms with E-state index in [1.54, 1.807) is 34.1 Å². The van der Waals surface area contributed by atoms with Gasteiger partial charge in [0.25, 0.3) is 0 Å². The third kappa shape index (κ3) is 7.85. The summed E-state index contributed by atoms with van der Waals surface area (Å²) >= 11 is 0. The topological polar surface area (TPSA) is 113 Å². The molecule has 0 saturated heterocycles. The number of nitrogens with one attached hydrogen (secondary N) is 2. The third-order valence-corrected chi connectivity index (χ3v) is 6.23. The summed E-state index contributed by atoms with van der Waals surface area (Å²) in [6, 6.07) is 5.61. The molecule has 0 aliphatic heterocycles. The fraction of sp³-hybridized carbons (Fsp3) is 0.593. The van der Waals surface area contributed by atoms with E-state index in [1.807, 2.05) is 32.2 Å². The highest BCUT2D eigenvalue weighted by atomic mass is 16.6. The quantitative estimate of drug-likeness (QED) is 0.439. The lowest BCUT2D eigenvalue weighted by molar-refractivity contribution is 0.109. The van der Waals surface area contributed by atoms with Crippen LogP contribution in [0.1, 0.15) is 65.1 Å². The number of imidazole rings is 1. The molecule has 3 rings (SSSR count). The lowest BCUT2D eigenvalue weighted by Gasteiger charge is -2.29. The van der Waals surface area contributed by atoms with Gasteiger partial charge in [-0.1, -0.05) is 0 Å². The van der Waals surface area contributed by atoms with Crippen LogP contribution in [0.2, 0.25) is 0 Å². The van der Waals surface area contributed by atoms with E-state index in [-0.39, 0.29) is 30.3 Å². The van der Waals surface area contributed by atoms with E-state index < -0.39 is 6.09 Å². The van der Waals surface area contributed by atoms with Gasteiger partial charge < -0.3 is 28.8 Å². The van der Waals surface area contributed by atoms with Crippen molar-refractivity contribution in [1.29, 1.82) is 0 Å². The van der Waals surface area contributed by atoms with Crippen molar-refractivity contribution in [3.05, 3.63) is 30.2 Å². The van der Waals surface area contributed by atoms with Gasteiger partial charge in [0, 0.05) is 42.9 Å². The van der Waals surface area contributed by atoms with Gasteiger partial charge in [-0.2, -0.15) is 0 Å². The average molecular weight is 517 g/mol. The van der Waals surface area contributed by atoms with E-state index in [1.165, 1.54) is 0 Å². The number of hydrogen-bond donors (Lipinski definition) is 2. The van der Waals surface area contributed by atoms with Gasteiger partial charge in [0.05, 0.1) is 37.8 Å². The summed E-state index contributed by atoms with van der Waals surface area (Å²) in [4.78, 5) is 28.8. The van der Waals surface area contributed by atoms with Crippen molar-refractivity contribution in [2.75, 3.05) is 26.1 Å². The second-order valence-corrected chi connectivity index (χ2v) is 9.79. The first-order valence-electron chi connectivity index (χ1n) is 12.9. The normalized spacial score (nSPS) is 17.5. The maximum Gasteiger partial charge on any atom is 0.411 e. The van der Waals surface area contributed by atoms with Gasteiger partial charge >= 0.3 is 12.2 Å². The number of alkyl carbamates (subject to hydrolysis) is 1. The van der Waals surface area contributed by atoms with Crippen molar-refractivity contribution in [2.45, 2.75) is 84.1 Å². The molecule has 10 nitrogen and oxygen atoms in total. The van der Waals surface area contributed by atoms with Gasteiger partial charge in [-0.15, -0.1) is 0 Å². The van der Waals surface area contributed by atoms with Crippen LogP contribution in [0.5, 0.6) is 5.75 Å². The zero-order valence-electron chi connectivity index (χ0n) is 22.7. The van der Waals surface area contributed by atoms with Gasteiger partial charge in [0.15, 0.2) is 0 Å². The predicted molar refractivity (Wildman–Crippen MR) is 141 cm³/mol. The van der Waals surface area contributed by atoms with Crippen molar-refractivity contribution < 1.29 is 28.5 Å². The Hall–Kier alpha value is -3.27. The number of nitrogens with zero attached hydrogens (tertiary/aromatic N) is 2. The Morgan fingerprint density at radius 2 is 1.70 bits per heavy atom. The molecular weight excluding hydrogens is 476 g/mol. The fourth-order valence-electron chi connectivity index (χ4n) is 4.60. The average Bonchev–Trinajstić information content (AvgIpc) is 3.25. The summed E-state index contributed by atoms with van der Waals surface area (Å²) in [5.74, 6) is 1.88. The van der Waals surface area contributed by atoms with E-state index in [4.69, 9.17) is 23.9 Å². The lowest BCUT2D eigenvalue weighted by atomic mass is 9.85. The minimum absolute atomic E-state index is 0.104. The Morgan fingerprint density at radius 1 is 1.03 bits per heavy atom. The fourth-order valence-corrected chi connectivity index (χ4v) is 4.60. The highest BCUT2D eigenvalue weighted by molar-refractivity contribution is 5.86. The standard InChI is InChI=1S/C27H40N4O6/c1-17(2)36-26(32)29-20-9-7-19(8-10-20)25-28-16-23(31(25)13-14-34-5)22-12-11-21(15-24(22)35-6)30-27(33)37-18(3)4/h11-12,15-20H,7-10,13-14H2,1-6H3,(H,29,32)(H,30,33)/t19-,20-. The number of methoxy groups -OCH3 is 2. The molecule has 2 amide bonds. The number of anilines is 1. The molecule has 0 bridgehead atoms. The van der Waals surface area contributed by atoms with E-state index in [9.17, 15) is 9.59 Å². The van der Waals surface area contributed by atoms with Crippen LogP contribution in [0.25, 0.3) is 11.3 Å². The molecule has 204 valence electrons. The van der Waals surface area contributed by atoms with Crippen LogP contribution in [-0.2, 0) is 20.8 Å². The smallest absolute Gasteiger partial charge is 0.411 e. The van der Waals surface area contributed by atoms with Crippen molar-refractivity contribution >= 4 is 17.9 Å². The SMILES string of the molecule is COCCn1c(-c2ccc(NC(=O)OC(C)C)cc2OC)cnc1[C@H]1CC[C@H](NC(=O)OC(C)C)CC1. The molecule has 0 spiro atoms. The molecule has 0 unspecified atom stereocenters. The first kappa shape index (κ1) is 28.3. The van der Waals surface area contributed by atoms with Crippen LogP contribution < -0.4 is 15.4 Å². The minimum atomic E-state index is -0.514. The van der Waals surface area contributed by atoms with Gasteiger partial charge in [-0.05, 0) is 65.5 Å². The van der Waals surface area contributed by atoms with Crippen LogP contribution in [0.3, 0.4) is 0 Å². The van der Waals surface area contributed by atoms with Crippen LogP contribution in [-0.4, -0.2) is 60.8 Å². The van der Waals surface area contributed by atoms with Crippen LogP contribution in [0.4, 0.5) is 15.3 Å². The molecular formula is C27H40N4O6. The summed E-state index contributed by atoms with van der Waals surface area (Å²) in [5, 5.41) is 5.72. The predicted octanol–water partition coefficient (Wildman–Crippen LogP) is 5.32. The molecule has 0 atom stereocenters. The molecule has 10 heteroatoms. The molecule has 2 aromatic rings. The Kier molecular flexibility index (Phi) is 10.2. The molecule has 1 fully saturated rings. The van der Waals surface area contributed by atoms with Crippen molar-refractivity contribution in [3.63, 3.8) is 0 Å². The first-order chi connectivity index (χ1) is 17.7. The van der Waals surface area contributed by atoms with E-state index in [0.717, 1.165) is 42.8 Å². The number of amides is 2. The van der Waals surface area contributed by atoms with Gasteiger partial charge in [0.1, 0.15) is 11.6 Å². The Morgan fingerprint density at radius 3 is 2.32 bits per heavy atom. The number of hydrogen-bond acceptors (Lipinski definition) is 7. The van der Waals surface area contributed by atoms with Crippen molar-refractivity contribution in [1.82, 2.24) is 14.9 Å². The summed E-state index contributed by atoms with van der Waals surface area (Å²) < 4.78 is 23.7. The van der Waals surface area contributed by atoms with Gasteiger partial charge in [0.2, 0.25) is 0 Å². The Balaban J connectivity index is 1.79. The zero-order valence-corrected chi connectivity index (χ0v) is 22.7. The second-order valence-electron chi connectivity index (χ2n) is 9.79. The van der Waals surface area contributed by atoms with E-state index in [0.29, 0.717) is 24.6 Å². The summed E-state index contributed by atoms with van der Waals surface area (Å²) in [6.07, 6.45) is 4.19.